The van der Waals surface area contributed by atoms with Crippen molar-refractivity contribution < 1.29 is 13.2 Å². The number of halogens is 1. The molecule has 2 aromatic carbocycles. The number of carbonyl (C=O) groups excluding carboxylic acids is 1. The predicted molar refractivity (Wildman–Crippen MR) is 106 cm³/mol. The molecule has 1 aliphatic rings. The van der Waals surface area contributed by atoms with Crippen molar-refractivity contribution in [3.05, 3.63) is 65.2 Å². The molecule has 0 aromatic heterocycles. The van der Waals surface area contributed by atoms with Crippen LogP contribution in [-0.4, -0.2) is 43.7 Å². The fraction of sp³-hybridized carbons (Fsp3) is 0.350. The van der Waals surface area contributed by atoms with Gasteiger partial charge in [0.05, 0.1) is 10.8 Å². The van der Waals surface area contributed by atoms with Crippen LogP contribution in [0.25, 0.3) is 0 Å². The summed E-state index contributed by atoms with van der Waals surface area (Å²) in [6.07, 6.45) is 1.38. The van der Waals surface area contributed by atoms with Crippen molar-refractivity contribution in [2.24, 2.45) is 5.92 Å². The van der Waals surface area contributed by atoms with Crippen LogP contribution in [0.5, 0.6) is 0 Å². The van der Waals surface area contributed by atoms with Crippen LogP contribution in [0, 0.1) is 5.92 Å². The number of hydrogen-bond donors (Lipinski definition) is 0. The summed E-state index contributed by atoms with van der Waals surface area (Å²) in [4.78, 5) is 14.8. The van der Waals surface area contributed by atoms with Gasteiger partial charge in [-0.2, -0.15) is 4.31 Å². The molecule has 7 heteroatoms. The lowest BCUT2D eigenvalue weighted by Gasteiger charge is -2.33. The number of benzene rings is 2. The van der Waals surface area contributed by atoms with E-state index in [2.05, 4.69) is 0 Å². The highest BCUT2D eigenvalue weighted by atomic mass is 35.5. The Morgan fingerprint density at radius 3 is 2.48 bits per heavy atom. The smallest absolute Gasteiger partial charge is 0.243 e. The molecule has 1 heterocycles. The number of carbonyl (C=O) groups is 1. The molecule has 0 N–H and O–H groups in total. The maximum Gasteiger partial charge on any atom is 0.243 e. The molecule has 0 saturated carbocycles. The minimum Gasteiger partial charge on any atom is -0.341 e. The summed E-state index contributed by atoms with van der Waals surface area (Å²) in [6, 6.07) is 15.7. The number of sulfonamides is 1. The molecule has 1 fully saturated rings. The van der Waals surface area contributed by atoms with Crippen LogP contribution in [0.4, 0.5) is 0 Å². The molecule has 5 nitrogen and oxygen atoms in total. The Bertz CT molecular complexity index is 885. The van der Waals surface area contributed by atoms with Crippen LogP contribution < -0.4 is 0 Å². The molecule has 2 aromatic rings. The Morgan fingerprint density at radius 1 is 1.15 bits per heavy atom. The fourth-order valence-electron chi connectivity index (χ4n) is 3.36. The third kappa shape index (κ3) is 4.69. The van der Waals surface area contributed by atoms with E-state index in [-0.39, 0.29) is 23.3 Å². The zero-order valence-corrected chi connectivity index (χ0v) is 16.8. The van der Waals surface area contributed by atoms with E-state index in [0.717, 1.165) is 5.56 Å². The van der Waals surface area contributed by atoms with Crippen LogP contribution in [0.2, 0.25) is 5.02 Å². The molecular formula is C20H23ClN2O3S. The van der Waals surface area contributed by atoms with Gasteiger partial charge >= 0.3 is 0 Å². The summed E-state index contributed by atoms with van der Waals surface area (Å²) in [7, 11) is -1.82. The molecule has 1 atom stereocenters. The quantitative estimate of drug-likeness (QED) is 0.764. The normalized spacial score (nSPS) is 18.2. The van der Waals surface area contributed by atoms with Crippen molar-refractivity contribution in [2.75, 3.05) is 20.1 Å². The summed E-state index contributed by atoms with van der Waals surface area (Å²) in [5.74, 6) is -0.354. The summed E-state index contributed by atoms with van der Waals surface area (Å²) in [5.41, 5.74) is 0.986. The van der Waals surface area contributed by atoms with Crippen molar-refractivity contribution >= 4 is 27.5 Å². The molecule has 1 aliphatic heterocycles. The van der Waals surface area contributed by atoms with Gasteiger partial charge in [-0.3, -0.25) is 4.79 Å². The van der Waals surface area contributed by atoms with Gasteiger partial charge in [0.25, 0.3) is 0 Å². The number of piperidine rings is 1. The average molecular weight is 407 g/mol. The van der Waals surface area contributed by atoms with Gasteiger partial charge in [-0.25, -0.2) is 8.42 Å². The second-order valence-corrected chi connectivity index (χ2v) is 9.21. The highest BCUT2D eigenvalue weighted by Crippen LogP contribution is 2.25. The largest absolute Gasteiger partial charge is 0.341 e. The molecular weight excluding hydrogens is 384 g/mol. The number of nitrogens with zero attached hydrogens (tertiary/aromatic N) is 2. The van der Waals surface area contributed by atoms with E-state index in [1.165, 1.54) is 4.31 Å². The minimum atomic E-state index is -3.57. The second-order valence-electron chi connectivity index (χ2n) is 6.84. The summed E-state index contributed by atoms with van der Waals surface area (Å²) < 4.78 is 27.1. The molecule has 27 heavy (non-hydrogen) atoms. The highest BCUT2D eigenvalue weighted by molar-refractivity contribution is 7.89. The van der Waals surface area contributed by atoms with Gasteiger partial charge in [0, 0.05) is 31.7 Å². The zero-order valence-electron chi connectivity index (χ0n) is 15.2. The molecule has 1 amide bonds. The van der Waals surface area contributed by atoms with Gasteiger partial charge in [-0.15, -0.1) is 0 Å². The number of hydrogen-bond acceptors (Lipinski definition) is 3. The lowest BCUT2D eigenvalue weighted by molar-refractivity contribution is -0.135. The third-order valence-corrected chi connectivity index (χ3v) is 6.95. The topological polar surface area (TPSA) is 57.7 Å². The van der Waals surface area contributed by atoms with Gasteiger partial charge < -0.3 is 4.90 Å². The zero-order chi connectivity index (χ0) is 19.4. The molecule has 0 bridgehead atoms. The van der Waals surface area contributed by atoms with Crippen molar-refractivity contribution in [1.82, 2.24) is 9.21 Å². The number of amides is 1. The Balaban J connectivity index is 1.68. The summed E-state index contributed by atoms with van der Waals surface area (Å²) >= 11 is 5.90. The molecule has 0 aliphatic carbocycles. The first-order valence-electron chi connectivity index (χ1n) is 8.92. The average Bonchev–Trinajstić information content (AvgIpc) is 2.70. The van der Waals surface area contributed by atoms with Crippen molar-refractivity contribution in [3.63, 3.8) is 0 Å². The SMILES string of the molecule is CN(Cc1ccc(Cl)cc1)C(=O)C1CCCN(S(=O)(=O)c2ccccc2)C1. The van der Waals surface area contributed by atoms with Crippen LogP contribution >= 0.6 is 11.6 Å². The Hall–Kier alpha value is -1.89. The van der Waals surface area contributed by atoms with E-state index in [0.29, 0.717) is 31.0 Å². The molecule has 0 spiro atoms. The third-order valence-electron chi connectivity index (χ3n) is 4.82. The van der Waals surface area contributed by atoms with E-state index in [1.54, 1.807) is 54.4 Å². The second kappa shape index (κ2) is 8.42. The fourth-order valence-corrected chi connectivity index (χ4v) is 5.03. The van der Waals surface area contributed by atoms with Crippen molar-refractivity contribution in [1.29, 1.82) is 0 Å². The number of rotatable bonds is 5. The first-order valence-corrected chi connectivity index (χ1v) is 10.7. The van der Waals surface area contributed by atoms with Gasteiger partial charge in [-0.05, 0) is 42.7 Å². The summed E-state index contributed by atoms with van der Waals surface area (Å²) in [5, 5.41) is 0.654. The molecule has 1 unspecified atom stereocenters. The van der Waals surface area contributed by atoms with Crippen molar-refractivity contribution in [2.45, 2.75) is 24.3 Å². The maximum atomic E-state index is 12.9. The van der Waals surface area contributed by atoms with E-state index < -0.39 is 10.0 Å². The lowest BCUT2D eigenvalue weighted by atomic mass is 9.98. The van der Waals surface area contributed by atoms with Crippen LogP contribution in [0.15, 0.2) is 59.5 Å². The van der Waals surface area contributed by atoms with Gasteiger partial charge in [0.1, 0.15) is 0 Å². The standard InChI is InChI=1S/C20H23ClN2O3S/c1-22(14-16-9-11-18(21)12-10-16)20(24)17-6-5-13-23(15-17)27(25,26)19-7-3-2-4-8-19/h2-4,7-12,17H,5-6,13-15H2,1H3. The maximum absolute atomic E-state index is 12.9. The van der Waals surface area contributed by atoms with E-state index >= 15 is 0 Å². The van der Waals surface area contributed by atoms with Gasteiger partial charge in [0.2, 0.25) is 15.9 Å². The van der Waals surface area contributed by atoms with Crippen LogP contribution in [-0.2, 0) is 21.4 Å². The van der Waals surface area contributed by atoms with E-state index in [1.807, 2.05) is 12.1 Å². The first kappa shape index (κ1) is 19.9. The Labute approximate surface area is 165 Å². The van der Waals surface area contributed by atoms with Crippen LogP contribution in [0.1, 0.15) is 18.4 Å². The predicted octanol–water partition coefficient (Wildman–Crippen LogP) is 3.40. The molecule has 3 rings (SSSR count). The summed E-state index contributed by atoms with van der Waals surface area (Å²) in [6.45, 7) is 1.14. The molecule has 144 valence electrons. The van der Waals surface area contributed by atoms with E-state index in [9.17, 15) is 13.2 Å². The minimum absolute atomic E-state index is 0.0297. The highest BCUT2D eigenvalue weighted by Gasteiger charge is 2.34. The lowest BCUT2D eigenvalue weighted by Crippen LogP contribution is -2.45. The van der Waals surface area contributed by atoms with Crippen LogP contribution in [0.3, 0.4) is 0 Å². The molecule has 1 saturated heterocycles. The first-order chi connectivity index (χ1) is 12.9. The van der Waals surface area contributed by atoms with Crippen molar-refractivity contribution in [3.8, 4) is 0 Å². The monoisotopic (exact) mass is 406 g/mol. The Kier molecular flexibility index (Phi) is 6.19. The van der Waals surface area contributed by atoms with Gasteiger partial charge in [-0.1, -0.05) is 41.9 Å². The molecule has 0 radical (unpaired) electrons. The Morgan fingerprint density at radius 2 is 1.81 bits per heavy atom. The van der Waals surface area contributed by atoms with Gasteiger partial charge in [0.15, 0.2) is 0 Å². The van der Waals surface area contributed by atoms with E-state index in [4.69, 9.17) is 11.6 Å².